The van der Waals surface area contributed by atoms with Gasteiger partial charge in [0.2, 0.25) is 0 Å². The quantitative estimate of drug-likeness (QED) is 0.897. The molecule has 5 heteroatoms. The second-order valence-corrected chi connectivity index (χ2v) is 4.64. The van der Waals surface area contributed by atoms with Gasteiger partial charge in [0.05, 0.1) is 17.8 Å². The second kappa shape index (κ2) is 5.69. The summed E-state index contributed by atoms with van der Waals surface area (Å²) >= 11 is 0. The van der Waals surface area contributed by atoms with Crippen molar-refractivity contribution in [3.63, 3.8) is 0 Å². The zero-order chi connectivity index (χ0) is 14.7. The van der Waals surface area contributed by atoms with E-state index in [1.54, 1.807) is 18.3 Å². The van der Waals surface area contributed by atoms with Crippen LogP contribution in [0, 0.1) is 12.7 Å². The van der Waals surface area contributed by atoms with Crippen LogP contribution in [0.5, 0.6) is 0 Å². The van der Waals surface area contributed by atoms with E-state index in [0.717, 1.165) is 23.0 Å². The fourth-order valence-electron chi connectivity index (χ4n) is 1.94. The first kappa shape index (κ1) is 14.0. The Bertz CT molecular complexity index is 644. The monoisotopic (exact) mass is 274 g/mol. The van der Waals surface area contributed by atoms with Gasteiger partial charge < -0.3 is 10.4 Å². The van der Waals surface area contributed by atoms with E-state index in [1.807, 2.05) is 13.8 Å². The van der Waals surface area contributed by atoms with Gasteiger partial charge in [-0.25, -0.2) is 9.18 Å². The minimum atomic E-state index is -0.956. The van der Waals surface area contributed by atoms with E-state index in [4.69, 9.17) is 5.11 Å². The van der Waals surface area contributed by atoms with Crippen molar-refractivity contribution in [1.29, 1.82) is 0 Å². The smallest absolute Gasteiger partial charge is 0.335 e. The van der Waals surface area contributed by atoms with Crippen LogP contribution in [0.25, 0.3) is 0 Å². The molecule has 4 nitrogen and oxygen atoms in total. The number of aromatic carboxylic acids is 1. The van der Waals surface area contributed by atoms with Crippen LogP contribution in [0.15, 0.2) is 36.7 Å². The molecule has 1 atom stereocenters. The fraction of sp³-hybridized carbons (Fsp3) is 0.200. The maximum atomic E-state index is 13.1. The summed E-state index contributed by atoms with van der Waals surface area (Å²) in [4.78, 5) is 14.7. The molecule has 104 valence electrons. The van der Waals surface area contributed by atoms with Gasteiger partial charge in [0.15, 0.2) is 0 Å². The molecule has 0 aliphatic rings. The van der Waals surface area contributed by atoms with E-state index in [0.29, 0.717) is 0 Å². The molecule has 0 saturated heterocycles. The summed E-state index contributed by atoms with van der Waals surface area (Å²) in [5.41, 5.74) is 2.60. The summed E-state index contributed by atoms with van der Waals surface area (Å²) in [6, 6.07) is 6.14. The maximum Gasteiger partial charge on any atom is 0.335 e. The number of halogens is 1. The lowest BCUT2D eigenvalue weighted by molar-refractivity contribution is 0.0697. The molecule has 1 aromatic heterocycles. The van der Waals surface area contributed by atoms with E-state index in [-0.39, 0.29) is 17.4 Å². The summed E-state index contributed by atoms with van der Waals surface area (Å²) in [6.45, 7) is 3.71. The first-order valence-corrected chi connectivity index (χ1v) is 6.18. The van der Waals surface area contributed by atoms with Crippen molar-refractivity contribution in [2.24, 2.45) is 0 Å². The number of nitrogens with zero attached hydrogens (tertiary/aromatic N) is 1. The number of hydrogen-bond acceptors (Lipinski definition) is 3. The number of nitrogens with one attached hydrogen (secondary N) is 1. The summed E-state index contributed by atoms with van der Waals surface area (Å²) in [7, 11) is 0. The van der Waals surface area contributed by atoms with Crippen molar-refractivity contribution in [1.82, 2.24) is 4.98 Å². The lowest BCUT2D eigenvalue weighted by Crippen LogP contribution is -2.09. The Labute approximate surface area is 116 Å². The number of carboxylic acid groups (broad SMARTS) is 1. The average Bonchev–Trinajstić information content (AvgIpc) is 2.40. The van der Waals surface area contributed by atoms with E-state index < -0.39 is 5.97 Å². The van der Waals surface area contributed by atoms with Crippen LogP contribution in [-0.2, 0) is 0 Å². The molecule has 1 unspecified atom stereocenters. The number of carboxylic acids is 1. The van der Waals surface area contributed by atoms with E-state index in [2.05, 4.69) is 10.3 Å². The molecule has 0 radical (unpaired) electrons. The van der Waals surface area contributed by atoms with Gasteiger partial charge in [-0.05, 0) is 49.2 Å². The molecular formula is C15H15FN2O2. The SMILES string of the molecule is Cc1cc(C(=O)O)ccc1NC(C)c1cncc(F)c1. The predicted molar refractivity (Wildman–Crippen MR) is 74.4 cm³/mol. The van der Waals surface area contributed by atoms with Gasteiger partial charge in [-0.1, -0.05) is 0 Å². The Morgan fingerprint density at radius 3 is 2.70 bits per heavy atom. The highest BCUT2D eigenvalue weighted by molar-refractivity contribution is 5.88. The lowest BCUT2D eigenvalue weighted by atomic mass is 10.1. The van der Waals surface area contributed by atoms with Gasteiger partial charge in [-0.3, -0.25) is 4.98 Å². The zero-order valence-electron chi connectivity index (χ0n) is 11.2. The molecular weight excluding hydrogens is 259 g/mol. The number of carbonyl (C=O) groups is 1. The molecule has 0 aliphatic heterocycles. The normalized spacial score (nSPS) is 11.9. The molecule has 1 heterocycles. The summed E-state index contributed by atoms with van der Waals surface area (Å²) < 4.78 is 13.1. The van der Waals surface area contributed by atoms with Gasteiger partial charge in [0.1, 0.15) is 5.82 Å². The number of anilines is 1. The van der Waals surface area contributed by atoms with E-state index in [1.165, 1.54) is 12.1 Å². The largest absolute Gasteiger partial charge is 0.478 e. The molecule has 0 saturated carbocycles. The molecule has 1 aromatic carbocycles. The lowest BCUT2D eigenvalue weighted by Gasteiger charge is -2.17. The Hall–Kier alpha value is -2.43. The third-order valence-corrected chi connectivity index (χ3v) is 3.07. The average molecular weight is 274 g/mol. The van der Waals surface area contributed by atoms with Crippen molar-refractivity contribution in [3.05, 3.63) is 59.2 Å². The van der Waals surface area contributed by atoms with E-state index in [9.17, 15) is 9.18 Å². The number of hydrogen-bond donors (Lipinski definition) is 2. The molecule has 0 spiro atoms. The molecule has 2 N–H and O–H groups in total. The minimum Gasteiger partial charge on any atom is -0.478 e. The van der Waals surface area contributed by atoms with E-state index >= 15 is 0 Å². The van der Waals surface area contributed by atoms with Crippen LogP contribution in [0.1, 0.15) is 34.5 Å². The van der Waals surface area contributed by atoms with Gasteiger partial charge in [0, 0.05) is 11.9 Å². The number of pyridine rings is 1. The summed E-state index contributed by atoms with van der Waals surface area (Å²) in [5.74, 6) is -1.34. The Morgan fingerprint density at radius 2 is 2.10 bits per heavy atom. The molecule has 0 bridgehead atoms. The molecule has 20 heavy (non-hydrogen) atoms. The highest BCUT2D eigenvalue weighted by atomic mass is 19.1. The molecule has 0 fully saturated rings. The van der Waals surface area contributed by atoms with Crippen molar-refractivity contribution in [2.75, 3.05) is 5.32 Å². The molecule has 0 amide bonds. The van der Waals surface area contributed by atoms with Crippen molar-refractivity contribution < 1.29 is 14.3 Å². The molecule has 2 rings (SSSR count). The van der Waals surface area contributed by atoms with Gasteiger partial charge in [-0.15, -0.1) is 0 Å². The first-order valence-electron chi connectivity index (χ1n) is 6.18. The van der Waals surface area contributed by atoms with Gasteiger partial charge in [-0.2, -0.15) is 0 Å². The molecule has 2 aromatic rings. The highest BCUT2D eigenvalue weighted by Crippen LogP contribution is 2.23. The fourth-order valence-corrected chi connectivity index (χ4v) is 1.94. The maximum absolute atomic E-state index is 13.1. The zero-order valence-corrected chi connectivity index (χ0v) is 11.2. The number of rotatable bonds is 4. The van der Waals surface area contributed by atoms with Crippen molar-refractivity contribution >= 4 is 11.7 Å². The Kier molecular flexibility index (Phi) is 3.98. The topological polar surface area (TPSA) is 62.2 Å². The first-order chi connectivity index (χ1) is 9.47. The van der Waals surface area contributed by atoms with Gasteiger partial charge >= 0.3 is 5.97 Å². The highest BCUT2D eigenvalue weighted by Gasteiger charge is 2.10. The second-order valence-electron chi connectivity index (χ2n) is 4.64. The third kappa shape index (κ3) is 3.12. The summed E-state index contributed by atoms with van der Waals surface area (Å²) in [5, 5.41) is 12.1. The van der Waals surface area contributed by atoms with Crippen LogP contribution in [0.3, 0.4) is 0 Å². The Morgan fingerprint density at radius 1 is 1.35 bits per heavy atom. The van der Waals surface area contributed by atoms with Crippen molar-refractivity contribution in [2.45, 2.75) is 19.9 Å². The van der Waals surface area contributed by atoms with Gasteiger partial charge in [0.25, 0.3) is 0 Å². The van der Waals surface area contributed by atoms with Crippen LogP contribution in [0.2, 0.25) is 0 Å². The third-order valence-electron chi connectivity index (χ3n) is 3.07. The van der Waals surface area contributed by atoms with Crippen LogP contribution in [-0.4, -0.2) is 16.1 Å². The number of aryl methyl sites for hydroxylation is 1. The molecule has 0 aliphatic carbocycles. The van der Waals surface area contributed by atoms with Crippen LogP contribution >= 0.6 is 0 Å². The van der Waals surface area contributed by atoms with Crippen molar-refractivity contribution in [3.8, 4) is 0 Å². The van der Waals surface area contributed by atoms with Crippen LogP contribution in [0.4, 0.5) is 10.1 Å². The Balaban J connectivity index is 2.19. The standard InChI is InChI=1S/C15H15FN2O2/c1-9-5-11(15(19)20)3-4-14(9)18-10(2)12-6-13(16)8-17-7-12/h3-8,10,18H,1-2H3,(H,19,20). The predicted octanol–water partition coefficient (Wildman–Crippen LogP) is 3.40. The summed E-state index contributed by atoms with van der Waals surface area (Å²) in [6.07, 6.45) is 2.75. The number of benzene rings is 1. The minimum absolute atomic E-state index is 0.132. The number of aromatic nitrogens is 1. The van der Waals surface area contributed by atoms with Crippen LogP contribution < -0.4 is 5.32 Å².